The molecule has 3 amide bonds. The molecule has 1 saturated carbocycles. The Morgan fingerprint density at radius 3 is 2.45 bits per heavy atom. The van der Waals surface area contributed by atoms with E-state index in [0.717, 1.165) is 5.69 Å². The van der Waals surface area contributed by atoms with Gasteiger partial charge in [-0.3, -0.25) is 14.4 Å². The minimum Gasteiger partial charge on any atom is -0.497 e. The maximum atomic E-state index is 13.9. The molecule has 2 saturated heterocycles. The largest absolute Gasteiger partial charge is 0.497 e. The van der Waals surface area contributed by atoms with Gasteiger partial charge in [0.2, 0.25) is 5.91 Å². The average molecular weight is 519 g/mol. The Kier molecular flexibility index (Phi) is 7.86. The number of ether oxygens (including phenoxy) is 1. The number of benzene rings is 2. The van der Waals surface area contributed by atoms with Gasteiger partial charge in [0, 0.05) is 30.9 Å². The monoisotopic (exact) mass is 518 g/mol. The van der Waals surface area contributed by atoms with Crippen LogP contribution in [0.4, 0.5) is 5.69 Å². The fourth-order valence-corrected chi connectivity index (χ4v) is 6.22. The van der Waals surface area contributed by atoms with Gasteiger partial charge in [0.1, 0.15) is 17.8 Å². The van der Waals surface area contributed by atoms with Crippen molar-refractivity contribution in [3.8, 4) is 5.75 Å². The SMILES string of the molecule is COc1cccc(C(=O)N2CCC3(CC2)C(=O)N(CC(=O)NCC2CCCCC2)CN3c2ccccc2)c1. The first kappa shape index (κ1) is 26.1. The van der Waals surface area contributed by atoms with Gasteiger partial charge in [-0.1, -0.05) is 43.5 Å². The molecule has 0 bridgehead atoms. The van der Waals surface area contributed by atoms with Crippen LogP contribution < -0.4 is 15.0 Å². The fraction of sp³-hybridized carbons (Fsp3) is 0.500. The van der Waals surface area contributed by atoms with Crippen molar-refractivity contribution < 1.29 is 19.1 Å². The molecule has 0 unspecified atom stereocenters. The fourth-order valence-electron chi connectivity index (χ4n) is 6.22. The van der Waals surface area contributed by atoms with Gasteiger partial charge >= 0.3 is 0 Å². The first-order chi connectivity index (χ1) is 18.5. The summed E-state index contributed by atoms with van der Waals surface area (Å²) in [5.41, 5.74) is 0.767. The summed E-state index contributed by atoms with van der Waals surface area (Å²) in [4.78, 5) is 45.6. The number of anilines is 1. The van der Waals surface area contributed by atoms with Gasteiger partial charge in [0.05, 0.1) is 13.8 Å². The van der Waals surface area contributed by atoms with Crippen LogP contribution in [-0.4, -0.2) is 73.0 Å². The summed E-state index contributed by atoms with van der Waals surface area (Å²) in [5, 5.41) is 3.08. The van der Waals surface area contributed by atoms with Gasteiger partial charge in [-0.05, 0) is 61.9 Å². The van der Waals surface area contributed by atoms with Crippen molar-refractivity contribution >= 4 is 23.4 Å². The van der Waals surface area contributed by atoms with Gasteiger partial charge in [-0.15, -0.1) is 0 Å². The van der Waals surface area contributed by atoms with E-state index in [0.29, 0.717) is 56.4 Å². The van der Waals surface area contributed by atoms with Gasteiger partial charge in [-0.25, -0.2) is 0 Å². The first-order valence-corrected chi connectivity index (χ1v) is 13.8. The normalized spacial score (nSPS) is 19.6. The summed E-state index contributed by atoms with van der Waals surface area (Å²) >= 11 is 0. The van der Waals surface area contributed by atoms with Gasteiger partial charge in [0.25, 0.3) is 11.8 Å². The predicted octanol–water partition coefficient (Wildman–Crippen LogP) is 3.67. The minimum atomic E-state index is -0.768. The van der Waals surface area contributed by atoms with E-state index in [2.05, 4.69) is 10.2 Å². The molecule has 2 aliphatic heterocycles. The lowest BCUT2D eigenvalue weighted by atomic mass is 9.85. The van der Waals surface area contributed by atoms with Crippen LogP contribution in [0.15, 0.2) is 54.6 Å². The van der Waals surface area contributed by atoms with E-state index >= 15 is 0 Å². The number of rotatable bonds is 7. The van der Waals surface area contributed by atoms with Crippen molar-refractivity contribution in [3.05, 3.63) is 60.2 Å². The van der Waals surface area contributed by atoms with Crippen LogP contribution in [0.3, 0.4) is 0 Å². The Balaban J connectivity index is 1.28. The summed E-state index contributed by atoms with van der Waals surface area (Å²) < 4.78 is 5.28. The highest BCUT2D eigenvalue weighted by Gasteiger charge is 2.54. The van der Waals surface area contributed by atoms with Crippen molar-refractivity contribution in [2.24, 2.45) is 5.92 Å². The van der Waals surface area contributed by atoms with E-state index in [9.17, 15) is 14.4 Å². The number of nitrogens with zero attached hydrogens (tertiary/aromatic N) is 3. The topological polar surface area (TPSA) is 82.2 Å². The Morgan fingerprint density at radius 1 is 1.00 bits per heavy atom. The van der Waals surface area contributed by atoms with E-state index in [1.54, 1.807) is 24.1 Å². The highest BCUT2D eigenvalue weighted by Crippen LogP contribution is 2.39. The average Bonchev–Trinajstić information content (AvgIpc) is 3.23. The number of amides is 3. The Bertz CT molecular complexity index is 1140. The molecule has 5 rings (SSSR count). The molecule has 38 heavy (non-hydrogen) atoms. The smallest absolute Gasteiger partial charge is 0.253 e. The second-order valence-electron chi connectivity index (χ2n) is 10.8. The zero-order valence-electron chi connectivity index (χ0n) is 22.2. The number of carbonyl (C=O) groups excluding carboxylic acids is 3. The number of para-hydroxylation sites is 1. The highest BCUT2D eigenvalue weighted by atomic mass is 16.5. The number of carbonyl (C=O) groups is 3. The van der Waals surface area contributed by atoms with Gasteiger partial charge in [0.15, 0.2) is 0 Å². The van der Waals surface area contributed by atoms with Crippen molar-refractivity contribution in [2.45, 2.75) is 50.5 Å². The van der Waals surface area contributed by atoms with Crippen LogP contribution in [-0.2, 0) is 9.59 Å². The molecule has 2 aromatic carbocycles. The third kappa shape index (κ3) is 5.35. The standard InChI is InChI=1S/C30H38N4O4/c1-38-26-14-8-11-24(19-26)28(36)32-17-15-30(16-18-32)29(37)33(22-34(30)25-12-6-3-7-13-25)21-27(35)31-20-23-9-4-2-5-10-23/h3,6-8,11-14,19,23H,2,4-5,9-10,15-18,20-22H2,1H3,(H,31,35). The molecule has 2 heterocycles. The zero-order chi connectivity index (χ0) is 26.5. The van der Waals surface area contributed by atoms with Crippen molar-refractivity contribution in [2.75, 3.05) is 44.9 Å². The lowest BCUT2D eigenvalue weighted by Gasteiger charge is -2.43. The third-order valence-electron chi connectivity index (χ3n) is 8.42. The quantitative estimate of drug-likeness (QED) is 0.605. The zero-order valence-corrected chi connectivity index (χ0v) is 22.2. The van der Waals surface area contributed by atoms with Crippen molar-refractivity contribution in [1.29, 1.82) is 0 Å². The molecule has 1 N–H and O–H groups in total. The van der Waals surface area contributed by atoms with Crippen LogP contribution in [0, 0.1) is 5.92 Å². The van der Waals surface area contributed by atoms with Gasteiger partial charge in [-0.2, -0.15) is 0 Å². The summed E-state index contributed by atoms with van der Waals surface area (Å²) in [5.74, 6) is 1.00. The van der Waals surface area contributed by atoms with Crippen LogP contribution in [0.25, 0.3) is 0 Å². The Hall–Kier alpha value is -3.55. The molecule has 3 aliphatic rings. The second-order valence-corrected chi connectivity index (χ2v) is 10.8. The molecule has 8 heteroatoms. The highest BCUT2D eigenvalue weighted by molar-refractivity contribution is 5.97. The number of hydrogen-bond acceptors (Lipinski definition) is 5. The van der Waals surface area contributed by atoms with E-state index in [1.807, 2.05) is 47.4 Å². The van der Waals surface area contributed by atoms with Crippen LogP contribution in [0.2, 0.25) is 0 Å². The summed E-state index contributed by atoms with van der Waals surface area (Å²) in [6.45, 7) is 2.04. The number of methoxy groups -OCH3 is 1. The Morgan fingerprint density at radius 2 is 1.74 bits per heavy atom. The second kappa shape index (κ2) is 11.5. The molecule has 0 radical (unpaired) electrons. The summed E-state index contributed by atoms with van der Waals surface area (Å²) in [7, 11) is 1.58. The van der Waals surface area contributed by atoms with Crippen molar-refractivity contribution in [3.63, 3.8) is 0 Å². The molecule has 3 fully saturated rings. The molecular weight excluding hydrogens is 480 g/mol. The summed E-state index contributed by atoms with van der Waals surface area (Å²) in [6.07, 6.45) is 7.10. The van der Waals surface area contributed by atoms with Gasteiger partial charge < -0.3 is 24.8 Å². The van der Waals surface area contributed by atoms with E-state index in [1.165, 1.54) is 32.1 Å². The van der Waals surface area contributed by atoms with E-state index < -0.39 is 5.54 Å². The Labute approximate surface area is 224 Å². The third-order valence-corrected chi connectivity index (χ3v) is 8.42. The number of piperidine rings is 1. The van der Waals surface area contributed by atoms with Crippen LogP contribution in [0.1, 0.15) is 55.3 Å². The lowest BCUT2D eigenvalue weighted by molar-refractivity contribution is -0.137. The maximum Gasteiger partial charge on any atom is 0.253 e. The van der Waals surface area contributed by atoms with Crippen LogP contribution >= 0.6 is 0 Å². The number of nitrogens with one attached hydrogen (secondary N) is 1. The molecule has 8 nitrogen and oxygen atoms in total. The van der Waals surface area contributed by atoms with E-state index in [-0.39, 0.29) is 24.3 Å². The molecule has 202 valence electrons. The summed E-state index contributed by atoms with van der Waals surface area (Å²) in [6, 6.07) is 17.1. The predicted molar refractivity (Wildman–Crippen MR) is 146 cm³/mol. The number of hydrogen-bond donors (Lipinski definition) is 1. The van der Waals surface area contributed by atoms with E-state index in [4.69, 9.17) is 4.74 Å². The lowest BCUT2D eigenvalue weighted by Crippen LogP contribution is -2.57. The molecule has 0 aromatic heterocycles. The number of likely N-dealkylation sites (tertiary alicyclic amines) is 1. The molecular formula is C30H38N4O4. The molecule has 0 atom stereocenters. The maximum absolute atomic E-state index is 13.9. The molecule has 1 spiro atoms. The molecule has 1 aliphatic carbocycles. The molecule has 2 aromatic rings. The van der Waals surface area contributed by atoms with Crippen molar-refractivity contribution in [1.82, 2.24) is 15.1 Å². The minimum absolute atomic E-state index is 0.0253. The van der Waals surface area contributed by atoms with Crippen LogP contribution in [0.5, 0.6) is 5.75 Å². The first-order valence-electron chi connectivity index (χ1n) is 13.8.